The molecule has 0 aliphatic rings. The molecule has 2 aromatic rings. The van der Waals surface area contributed by atoms with Gasteiger partial charge in [-0.2, -0.15) is 0 Å². The number of hydrogen-bond acceptors (Lipinski definition) is 5. The second-order valence-electron chi connectivity index (χ2n) is 6.00. The molecule has 0 aliphatic carbocycles. The minimum atomic E-state index is -0.661. The number of nitrogens with zero attached hydrogens (tertiary/aromatic N) is 2. The van der Waals surface area contributed by atoms with Gasteiger partial charge in [-0.1, -0.05) is 24.9 Å². The van der Waals surface area contributed by atoms with Gasteiger partial charge in [-0.25, -0.2) is 4.79 Å². The van der Waals surface area contributed by atoms with Crippen molar-refractivity contribution in [2.75, 3.05) is 23.4 Å². The second-order valence-corrected chi connectivity index (χ2v) is 7.61. The lowest BCUT2D eigenvalue weighted by Gasteiger charge is -2.20. The molecule has 3 N–H and O–H groups in total. The Morgan fingerprint density at radius 2 is 1.96 bits per heavy atom. The van der Waals surface area contributed by atoms with Crippen LogP contribution in [0.15, 0.2) is 38.8 Å². The molecule has 0 radical (unpaired) electrons. The van der Waals surface area contributed by atoms with Gasteiger partial charge in [-0.15, -0.1) is 11.8 Å². The standard InChI is InChI=1S/C18H23ClN4O3S/c1-3-4-10-23-16(20)15(17(25)21-18(23)26)22(2)14(24)9-11-27-13-7-5-12(19)6-8-13/h5-8H,3-4,9-11,20H2,1-2H3,(H,21,25,26). The van der Waals surface area contributed by atoms with E-state index in [-0.39, 0.29) is 23.8 Å². The number of amides is 1. The predicted molar refractivity (Wildman–Crippen MR) is 111 cm³/mol. The molecule has 0 saturated carbocycles. The molecule has 0 atom stereocenters. The smallest absolute Gasteiger partial charge is 0.330 e. The summed E-state index contributed by atoms with van der Waals surface area (Å²) >= 11 is 7.37. The van der Waals surface area contributed by atoms with Gasteiger partial charge >= 0.3 is 5.69 Å². The third-order valence-corrected chi connectivity index (χ3v) is 5.32. The molecule has 1 aromatic carbocycles. The largest absolute Gasteiger partial charge is 0.383 e. The van der Waals surface area contributed by atoms with Crippen LogP contribution < -0.4 is 21.9 Å². The predicted octanol–water partition coefficient (Wildman–Crippen LogP) is 2.72. The number of anilines is 2. The summed E-state index contributed by atoms with van der Waals surface area (Å²) in [5.41, 5.74) is 4.81. The second kappa shape index (κ2) is 9.66. The van der Waals surface area contributed by atoms with E-state index in [0.717, 1.165) is 17.7 Å². The average Bonchev–Trinajstić information content (AvgIpc) is 2.62. The molecule has 146 valence electrons. The highest BCUT2D eigenvalue weighted by Crippen LogP contribution is 2.22. The molecule has 1 heterocycles. The number of aromatic amines is 1. The van der Waals surface area contributed by atoms with Gasteiger partial charge in [0.25, 0.3) is 5.56 Å². The van der Waals surface area contributed by atoms with E-state index in [1.54, 1.807) is 12.1 Å². The van der Waals surface area contributed by atoms with Crippen LogP contribution in [0.2, 0.25) is 5.02 Å². The topological polar surface area (TPSA) is 101 Å². The molecule has 0 aliphatic heterocycles. The summed E-state index contributed by atoms with van der Waals surface area (Å²) in [6.45, 7) is 2.38. The van der Waals surface area contributed by atoms with Crippen molar-refractivity contribution in [1.82, 2.24) is 9.55 Å². The van der Waals surface area contributed by atoms with E-state index in [2.05, 4.69) is 4.98 Å². The molecule has 0 saturated heterocycles. The van der Waals surface area contributed by atoms with Crippen LogP contribution in [0.3, 0.4) is 0 Å². The average molecular weight is 411 g/mol. The van der Waals surface area contributed by atoms with Crippen LogP contribution in [0.5, 0.6) is 0 Å². The van der Waals surface area contributed by atoms with Gasteiger partial charge in [0.05, 0.1) is 0 Å². The number of carbonyl (C=O) groups excluding carboxylic acids is 1. The summed E-state index contributed by atoms with van der Waals surface area (Å²) in [4.78, 5) is 41.1. The maximum Gasteiger partial charge on any atom is 0.330 e. The van der Waals surface area contributed by atoms with E-state index in [4.69, 9.17) is 17.3 Å². The first-order valence-corrected chi connectivity index (χ1v) is 9.99. The molecule has 1 aromatic heterocycles. The van der Waals surface area contributed by atoms with Gasteiger partial charge in [0.1, 0.15) is 5.82 Å². The molecule has 0 fully saturated rings. The number of benzene rings is 1. The van der Waals surface area contributed by atoms with E-state index in [1.807, 2.05) is 19.1 Å². The fourth-order valence-electron chi connectivity index (χ4n) is 2.52. The highest BCUT2D eigenvalue weighted by molar-refractivity contribution is 7.99. The number of thioether (sulfide) groups is 1. The Bertz CT molecular complexity index is 908. The number of H-pyrrole nitrogens is 1. The van der Waals surface area contributed by atoms with Crippen molar-refractivity contribution in [2.45, 2.75) is 37.6 Å². The minimum absolute atomic E-state index is 0.00666. The van der Waals surface area contributed by atoms with Crippen LogP contribution in [-0.4, -0.2) is 28.3 Å². The molecule has 27 heavy (non-hydrogen) atoms. The lowest BCUT2D eigenvalue weighted by atomic mass is 10.3. The maximum absolute atomic E-state index is 12.5. The lowest BCUT2D eigenvalue weighted by molar-refractivity contribution is -0.117. The number of carbonyl (C=O) groups is 1. The monoisotopic (exact) mass is 410 g/mol. The number of nitrogen functional groups attached to an aromatic ring is 1. The van der Waals surface area contributed by atoms with Crippen molar-refractivity contribution < 1.29 is 4.79 Å². The Hall–Kier alpha value is -2.19. The van der Waals surface area contributed by atoms with Crippen molar-refractivity contribution >= 4 is 40.8 Å². The molecule has 7 nitrogen and oxygen atoms in total. The third kappa shape index (κ3) is 5.40. The van der Waals surface area contributed by atoms with Gasteiger partial charge in [0, 0.05) is 35.7 Å². The Morgan fingerprint density at radius 1 is 1.30 bits per heavy atom. The maximum atomic E-state index is 12.5. The number of unbranched alkanes of at least 4 members (excludes halogenated alkanes) is 1. The summed E-state index contributed by atoms with van der Waals surface area (Å²) in [6.07, 6.45) is 1.83. The number of aromatic nitrogens is 2. The molecule has 9 heteroatoms. The fraction of sp³-hybridized carbons (Fsp3) is 0.389. The molecule has 0 unspecified atom stereocenters. The fourth-order valence-corrected chi connectivity index (χ4v) is 3.49. The Labute approximate surface area is 166 Å². The normalized spacial score (nSPS) is 10.8. The Balaban J connectivity index is 2.10. The van der Waals surface area contributed by atoms with Gasteiger partial charge < -0.3 is 10.6 Å². The summed E-state index contributed by atoms with van der Waals surface area (Å²) in [5.74, 6) is 0.297. The Kier molecular flexibility index (Phi) is 7.55. The molecule has 0 spiro atoms. The third-order valence-electron chi connectivity index (χ3n) is 4.06. The molecule has 2 rings (SSSR count). The van der Waals surface area contributed by atoms with E-state index in [0.29, 0.717) is 17.3 Å². The van der Waals surface area contributed by atoms with E-state index in [1.165, 1.54) is 28.3 Å². The summed E-state index contributed by atoms with van der Waals surface area (Å²) in [6, 6.07) is 7.34. The highest BCUT2D eigenvalue weighted by Gasteiger charge is 2.20. The van der Waals surface area contributed by atoms with Crippen LogP contribution >= 0.6 is 23.4 Å². The molecular weight excluding hydrogens is 388 g/mol. The SMILES string of the molecule is CCCCn1c(N)c(N(C)C(=O)CCSc2ccc(Cl)cc2)c(=O)[nH]c1=O. The first-order chi connectivity index (χ1) is 12.8. The highest BCUT2D eigenvalue weighted by atomic mass is 35.5. The zero-order valence-corrected chi connectivity index (χ0v) is 16.9. The van der Waals surface area contributed by atoms with Gasteiger partial charge in [0.15, 0.2) is 5.69 Å². The molecule has 0 bridgehead atoms. The number of halogens is 1. The van der Waals surface area contributed by atoms with Crippen LogP contribution in [0.1, 0.15) is 26.2 Å². The van der Waals surface area contributed by atoms with Crippen molar-refractivity contribution in [3.8, 4) is 0 Å². The summed E-state index contributed by atoms with van der Waals surface area (Å²) in [5, 5.41) is 0.656. The van der Waals surface area contributed by atoms with E-state index in [9.17, 15) is 14.4 Å². The minimum Gasteiger partial charge on any atom is -0.383 e. The molecular formula is C18H23ClN4O3S. The first kappa shape index (κ1) is 21.1. The van der Waals surface area contributed by atoms with Crippen LogP contribution in [0.25, 0.3) is 0 Å². The van der Waals surface area contributed by atoms with Crippen LogP contribution in [0.4, 0.5) is 11.5 Å². The number of nitrogens with two attached hydrogens (primary N) is 1. The van der Waals surface area contributed by atoms with Gasteiger partial charge in [-0.05, 0) is 30.7 Å². The molecule has 1 amide bonds. The number of hydrogen-bond donors (Lipinski definition) is 2. The van der Waals surface area contributed by atoms with Crippen LogP contribution in [0, 0.1) is 0 Å². The van der Waals surface area contributed by atoms with E-state index >= 15 is 0 Å². The quantitative estimate of drug-likeness (QED) is 0.651. The first-order valence-electron chi connectivity index (χ1n) is 8.62. The Morgan fingerprint density at radius 3 is 2.59 bits per heavy atom. The summed E-state index contributed by atoms with van der Waals surface area (Å²) in [7, 11) is 1.49. The lowest BCUT2D eigenvalue weighted by Crippen LogP contribution is -2.39. The van der Waals surface area contributed by atoms with Crippen molar-refractivity contribution in [3.05, 3.63) is 50.1 Å². The van der Waals surface area contributed by atoms with Crippen LogP contribution in [-0.2, 0) is 11.3 Å². The van der Waals surface area contributed by atoms with Gasteiger partial charge in [-0.3, -0.25) is 19.1 Å². The zero-order chi connectivity index (χ0) is 20.0. The van der Waals surface area contributed by atoms with E-state index < -0.39 is 11.2 Å². The number of nitrogens with one attached hydrogen (secondary N) is 1. The summed E-state index contributed by atoms with van der Waals surface area (Å²) < 4.78 is 1.30. The zero-order valence-electron chi connectivity index (χ0n) is 15.3. The van der Waals surface area contributed by atoms with Crippen molar-refractivity contribution in [2.24, 2.45) is 0 Å². The van der Waals surface area contributed by atoms with Gasteiger partial charge in [0.2, 0.25) is 5.91 Å². The number of rotatable bonds is 8. The van der Waals surface area contributed by atoms with Crippen molar-refractivity contribution in [1.29, 1.82) is 0 Å². The van der Waals surface area contributed by atoms with Crippen molar-refractivity contribution in [3.63, 3.8) is 0 Å².